The Morgan fingerprint density at radius 3 is 2.59 bits per heavy atom. The predicted molar refractivity (Wildman–Crippen MR) is 104 cm³/mol. The van der Waals surface area contributed by atoms with Gasteiger partial charge in [0.25, 0.3) is 0 Å². The van der Waals surface area contributed by atoms with E-state index in [-0.39, 0.29) is 0 Å². The predicted octanol–water partition coefficient (Wildman–Crippen LogP) is 3.24. The summed E-state index contributed by atoms with van der Waals surface area (Å²) in [6.45, 7) is 2.42. The number of rotatable bonds is 3. The molecule has 7 heteroatoms. The van der Waals surface area contributed by atoms with Crippen molar-refractivity contribution in [2.45, 2.75) is 25.2 Å². The first-order chi connectivity index (χ1) is 12.9. The number of likely N-dealkylation sites (tertiary alicyclic amines) is 1. The van der Waals surface area contributed by atoms with Gasteiger partial charge in [-0.25, -0.2) is 14.6 Å². The molecule has 1 aliphatic carbocycles. The second-order valence-corrected chi connectivity index (χ2v) is 7.88. The Bertz CT molecular complexity index is 859. The Labute approximate surface area is 161 Å². The smallest absolute Gasteiger partial charge is 0.328 e. The Balaban J connectivity index is 0.000000226. The molecule has 2 aliphatic rings. The average Bonchev–Trinajstić information content (AvgIpc) is 3.18. The molecule has 1 aromatic carbocycles. The molecule has 1 fully saturated rings. The Hall–Kier alpha value is -2.51. The summed E-state index contributed by atoms with van der Waals surface area (Å²) < 4.78 is 0. The van der Waals surface area contributed by atoms with Crippen LogP contribution >= 0.6 is 11.3 Å². The molecule has 2 N–H and O–H groups in total. The third kappa shape index (κ3) is 4.81. The summed E-state index contributed by atoms with van der Waals surface area (Å²) in [6.07, 6.45) is 4.82. The fourth-order valence-corrected chi connectivity index (χ4v) is 4.69. The maximum Gasteiger partial charge on any atom is 0.328 e. The van der Waals surface area contributed by atoms with Crippen molar-refractivity contribution in [2.24, 2.45) is 0 Å². The molecule has 0 radical (unpaired) electrons. The van der Waals surface area contributed by atoms with Crippen LogP contribution < -0.4 is 0 Å². The van der Waals surface area contributed by atoms with Crippen molar-refractivity contribution >= 4 is 23.3 Å². The lowest BCUT2D eigenvalue weighted by atomic mass is 9.99. The molecule has 1 aromatic heterocycles. The quantitative estimate of drug-likeness (QED) is 0.672. The van der Waals surface area contributed by atoms with E-state index in [1.54, 1.807) is 0 Å². The van der Waals surface area contributed by atoms with Crippen LogP contribution in [0.25, 0.3) is 11.3 Å². The van der Waals surface area contributed by atoms with Gasteiger partial charge in [0.1, 0.15) is 0 Å². The minimum atomic E-state index is -1.26. The third-order valence-electron chi connectivity index (χ3n) is 4.68. The van der Waals surface area contributed by atoms with E-state index in [4.69, 9.17) is 15.2 Å². The van der Waals surface area contributed by atoms with Crippen molar-refractivity contribution in [3.05, 3.63) is 51.9 Å². The van der Waals surface area contributed by atoms with E-state index in [1.165, 1.54) is 52.6 Å². The van der Waals surface area contributed by atoms with Crippen molar-refractivity contribution in [3.63, 3.8) is 0 Å². The van der Waals surface area contributed by atoms with E-state index in [0.717, 1.165) is 6.42 Å². The van der Waals surface area contributed by atoms with Crippen LogP contribution in [0.2, 0.25) is 0 Å². The number of carbonyl (C=O) groups is 2. The van der Waals surface area contributed by atoms with Gasteiger partial charge in [-0.3, -0.25) is 0 Å². The van der Waals surface area contributed by atoms with Crippen LogP contribution in [0.15, 0.2) is 36.4 Å². The van der Waals surface area contributed by atoms with Crippen LogP contribution in [0.1, 0.15) is 34.2 Å². The highest BCUT2D eigenvalue weighted by atomic mass is 32.1. The normalized spacial score (nSPS) is 18.5. The summed E-state index contributed by atoms with van der Waals surface area (Å²) in [5.74, 6) is -1.86. The summed E-state index contributed by atoms with van der Waals surface area (Å²) in [5.41, 5.74) is 4.08. The van der Waals surface area contributed by atoms with Crippen LogP contribution in [0.4, 0.5) is 0 Å². The second-order valence-electron chi connectivity index (χ2n) is 6.77. The van der Waals surface area contributed by atoms with Crippen LogP contribution in [-0.4, -0.2) is 52.2 Å². The van der Waals surface area contributed by atoms with Crippen LogP contribution in [0.5, 0.6) is 0 Å². The highest BCUT2D eigenvalue weighted by molar-refractivity contribution is 7.12. The van der Waals surface area contributed by atoms with Crippen molar-refractivity contribution in [1.29, 1.82) is 0 Å². The number of aromatic nitrogens is 1. The average molecular weight is 386 g/mol. The number of piperidine rings is 1. The molecule has 0 amide bonds. The first-order valence-corrected chi connectivity index (χ1v) is 9.66. The highest BCUT2D eigenvalue weighted by Crippen LogP contribution is 2.42. The Morgan fingerprint density at radius 1 is 1.22 bits per heavy atom. The Morgan fingerprint density at radius 2 is 1.93 bits per heavy atom. The number of benzene rings is 1. The monoisotopic (exact) mass is 386 g/mol. The number of carboxylic acid groups (broad SMARTS) is 2. The van der Waals surface area contributed by atoms with Crippen LogP contribution in [0, 0.1) is 0 Å². The van der Waals surface area contributed by atoms with Crippen molar-refractivity contribution in [1.82, 2.24) is 9.88 Å². The lowest BCUT2D eigenvalue weighted by molar-refractivity contribution is -0.134. The van der Waals surface area contributed by atoms with Gasteiger partial charge in [0.2, 0.25) is 0 Å². The number of carboxylic acids is 2. The number of hydrogen-bond donors (Lipinski definition) is 2. The largest absolute Gasteiger partial charge is 0.478 e. The SMILES string of the molecule is CN1CCCC(c2nc3c(s2)Cc2ccccc2-3)C1.O=C(O)/C=C/C(=O)O. The topological polar surface area (TPSA) is 90.7 Å². The zero-order valence-corrected chi connectivity index (χ0v) is 15.9. The molecule has 0 bridgehead atoms. The summed E-state index contributed by atoms with van der Waals surface area (Å²) >= 11 is 1.95. The van der Waals surface area contributed by atoms with Gasteiger partial charge in [-0.1, -0.05) is 24.3 Å². The number of thiazole rings is 1. The van der Waals surface area contributed by atoms with Crippen LogP contribution in [0.3, 0.4) is 0 Å². The number of fused-ring (bicyclic) bond motifs is 3. The Kier molecular flexibility index (Phi) is 6.03. The van der Waals surface area contributed by atoms with Gasteiger partial charge in [-0.15, -0.1) is 11.3 Å². The maximum atomic E-state index is 9.55. The van der Waals surface area contributed by atoms with E-state index in [0.29, 0.717) is 18.1 Å². The third-order valence-corrected chi connectivity index (χ3v) is 5.90. The molecule has 6 nitrogen and oxygen atoms in total. The molecule has 1 atom stereocenters. The van der Waals surface area contributed by atoms with E-state index in [2.05, 4.69) is 36.2 Å². The lowest BCUT2D eigenvalue weighted by Gasteiger charge is -2.28. The standard InChI is InChI=1S/C16H18N2S.C4H4O4/c1-18-8-4-6-12(10-18)16-17-15-13-7-3-2-5-11(13)9-14(15)19-16;5-3(6)1-2-4(7)8/h2-3,5,7,12H,4,6,8-10H2,1H3;1-2H,(H,5,6)(H,7,8)/b;2-1+. The molecule has 2 aromatic rings. The molecule has 1 saturated heterocycles. The molecular weight excluding hydrogens is 364 g/mol. The number of likely N-dealkylation sites (N-methyl/N-ethyl adjacent to an activating group) is 1. The summed E-state index contributed by atoms with van der Waals surface area (Å²) in [4.78, 5) is 28.0. The van der Waals surface area contributed by atoms with Gasteiger partial charge < -0.3 is 15.1 Å². The molecule has 1 unspecified atom stereocenters. The van der Waals surface area contributed by atoms with E-state index in [1.807, 2.05) is 11.3 Å². The number of nitrogens with zero attached hydrogens (tertiary/aromatic N) is 2. The van der Waals surface area contributed by atoms with Crippen molar-refractivity contribution in [2.75, 3.05) is 20.1 Å². The maximum absolute atomic E-state index is 9.55. The van der Waals surface area contributed by atoms with Gasteiger partial charge in [0.15, 0.2) is 0 Å². The molecule has 0 spiro atoms. The van der Waals surface area contributed by atoms with Gasteiger partial charge in [0.05, 0.1) is 10.7 Å². The minimum Gasteiger partial charge on any atom is -0.478 e. The van der Waals surface area contributed by atoms with Gasteiger partial charge in [-0.05, 0) is 32.0 Å². The molecule has 0 saturated carbocycles. The van der Waals surface area contributed by atoms with E-state index >= 15 is 0 Å². The highest BCUT2D eigenvalue weighted by Gasteiger charge is 2.27. The van der Waals surface area contributed by atoms with E-state index in [9.17, 15) is 9.59 Å². The number of aliphatic carboxylic acids is 2. The van der Waals surface area contributed by atoms with Crippen molar-refractivity contribution in [3.8, 4) is 11.3 Å². The molecular formula is C20H22N2O4S. The first-order valence-electron chi connectivity index (χ1n) is 8.84. The molecule has 27 heavy (non-hydrogen) atoms. The zero-order valence-electron chi connectivity index (χ0n) is 15.1. The fourth-order valence-electron chi connectivity index (χ4n) is 3.46. The van der Waals surface area contributed by atoms with Gasteiger partial charge >= 0.3 is 11.9 Å². The fraction of sp³-hybridized carbons (Fsp3) is 0.350. The van der Waals surface area contributed by atoms with E-state index < -0.39 is 11.9 Å². The molecule has 1 aliphatic heterocycles. The number of hydrogen-bond acceptors (Lipinski definition) is 5. The summed E-state index contributed by atoms with van der Waals surface area (Å²) in [5, 5.41) is 17.0. The molecule has 4 rings (SSSR count). The van der Waals surface area contributed by atoms with Gasteiger partial charge in [-0.2, -0.15) is 0 Å². The first kappa shape index (κ1) is 19.3. The zero-order chi connectivity index (χ0) is 19.4. The van der Waals surface area contributed by atoms with Gasteiger partial charge in [0, 0.05) is 41.5 Å². The lowest BCUT2D eigenvalue weighted by Crippen LogP contribution is -2.30. The van der Waals surface area contributed by atoms with Crippen molar-refractivity contribution < 1.29 is 19.8 Å². The minimum absolute atomic E-state index is 0.558. The summed E-state index contributed by atoms with van der Waals surface area (Å²) in [7, 11) is 2.22. The molecule has 142 valence electrons. The summed E-state index contributed by atoms with van der Waals surface area (Å²) in [6, 6.07) is 8.71. The van der Waals surface area contributed by atoms with Crippen LogP contribution in [-0.2, 0) is 16.0 Å². The molecule has 2 heterocycles. The second kappa shape index (κ2) is 8.45.